The Morgan fingerprint density at radius 3 is 2.70 bits per heavy atom. The van der Waals surface area contributed by atoms with Gasteiger partial charge in [0.05, 0.1) is 19.7 Å². The van der Waals surface area contributed by atoms with E-state index in [1.54, 1.807) is 37.1 Å². The molecule has 0 saturated heterocycles. The van der Waals surface area contributed by atoms with E-state index < -0.39 is 0 Å². The molecule has 2 heterocycles. The average molecular weight is 290 g/mol. The van der Waals surface area contributed by atoms with Gasteiger partial charge >= 0.3 is 0 Å². The third kappa shape index (κ3) is 2.12. The van der Waals surface area contributed by atoms with E-state index in [1.807, 2.05) is 12.3 Å². The number of thiazole rings is 1. The fraction of sp³-hybridized carbons (Fsp3) is 0.286. The summed E-state index contributed by atoms with van der Waals surface area (Å²) >= 11 is 1.56. The van der Waals surface area contributed by atoms with Crippen LogP contribution < -0.4 is 14.8 Å². The lowest BCUT2D eigenvalue weighted by Crippen LogP contribution is -2.23. The van der Waals surface area contributed by atoms with Gasteiger partial charge in [0.1, 0.15) is 0 Å². The molecule has 5 nitrogen and oxygen atoms in total. The highest BCUT2D eigenvalue weighted by Gasteiger charge is 2.29. The first-order chi connectivity index (χ1) is 9.72. The normalized spacial score (nSPS) is 17.3. The van der Waals surface area contributed by atoms with Gasteiger partial charge in [0.25, 0.3) is 0 Å². The summed E-state index contributed by atoms with van der Waals surface area (Å²) in [6, 6.07) is 3.73. The van der Waals surface area contributed by atoms with Crippen molar-refractivity contribution in [1.82, 2.24) is 4.98 Å². The molecule has 0 fully saturated rings. The van der Waals surface area contributed by atoms with Gasteiger partial charge in [0, 0.05) is 35.2 Å². The summed E-state index contributed by atoms with van der Waals surface area (Å²) in [5.41, 5.74) is 3.59. The molecule has 1 amide bonds. The Morgan fingerprint density at radius 1 is 1.30 bits per heavy atom. The number of amides is 1. The van der Waals surface area contributed by atoms with Crippen LogP contribution in [0.3, 0.4) is 0 Å². The zero-order valence-electron chi connectivity index (χ0n) is 11.2. The zero-order valence-corrected chi connectivity index (χ0v) is 12.0. The average Bonchev–Trinajstić information content (AvgIpc) is 2.98. The van der Waals surface area contributed by atoms with Crippen LogP contribution in [0.4, 0.5) is 5.69 Å². The van der Waals surface area contributed by atoms with E-state index in [-0.39, 0.29) is 11.8 Å². The molecule has 1 aliphatic heterocycles. The summed E-state index contributed by atoms with van der Waals surface area (Å²) in [5, 5.41) is 2.89. The lowest BCUT2D eigenvalue weighted by molar-refractivity contribution is -0.116. The molecular formula is C14H14N2O3S. The number of nitrogens with one attached hydrogen (secondary N) is 1. The monoisotopic (exact) mass is 290 g/mol. The van der Waals surface area contributed by atoms with Gasteiger partial charge in [-0.15, -0.1) is 11.3 Å². The van der Waals surface area contributed by atoms with Crippen LogP contribution in [-0.4, -0.2) is 25.1 Å². The molecule has 1 unspecified atom stereocenters. The Morgan fingerprint density at radius 2 is 2.05 bits per heavy atom. The molecule has 1 aliphatic rings. The van der Waals surface area contributed by atoms with Crippen LogP contribution in [0.5, 0.6) is 11.5 Å². The van der Waals surface area contributed by atoms with Crippen LogP contribution in [0.25, 0.3) is 0 Å². The van der Waals surface area contributed by atoms with Gasteiger partial charge < -0.3 is 14.8 Å². The van der Waals surface area contributed by atoms with Crippen LogP contribution in [0, 0.1) is 0 Å². The fourth-order valence-corrected chi connectivity index (χ4v) is 3.18. The van der Waals surface area contributed by atoms with E-state index in [0.29, 0.717) is 17.9 Å². The molecular weight excluding hydrogens is 276 g/mol. The van der Waals surface area contributed by atoms with Crippen molar-refractivity contribution in [1.29, 1.82) is 0 Å². The number of fused-ring (bicyclic) bond motifs is 1. The molecule has 20 heavy (non-hydrogen) atoms. The van der Waals surface area contributed by atoms with Crippen molar-refractivity contribution in [3.8, 4) is 11.5 Å². The van der Waals surface area contributed by atoms with Crippen molar-refractivity contribution in [2.24, 2.45) is 0 Å². The summed E-state index contributed by atoms with van der Waals surface area (Å²) in [7, 11) is 3.18. The van der Waals surface area contributed by atoms with Crippen molar-refractivity contribution in [2.75, 3.05) is 19.5 Å². The van der Waals surface area contributed by atoms with Gasteiger partial charge in [-0.05, 0) is 11.6 Å². The van der Waals surface area contributed by atoms with E-state index in [9.17, 15) is 4.79 Å². The lowest BCUT2D eigenvalue weighted by Gasteiger charge is -2.26. The van der Waals surface area contributed by atoms with E-state index in [2.05, 4.69) is 10.3 Å². The van der Waals surface area contributed by atoms with Crippen LogP contribution >= 0.6 is 11.3 Å². The van der Waals surface area contributed by atoms with Crippen molar-refractivity contribution >= 4 is 22.9 Å². The molecule has 0 bridgehead atoms. The van der Waals surface area contributed by atoms with Crippen LogP contribution in [0.1, 0.15) is 22.8 Å². The predicted molar refractivity (Wildman–Crippen MR) is 76.7 cm³/mol. The lowest BCUT2D eigenvalue weighted by atomic mass is 9.89. The van der Waals surface area contributed by atoms with E-state index >= 15 is 0 Å². The Balaban J connectivity index is 2.13. The van der Waals surface area contributed by atoms with Gasteiger partial charge in [-0.25, -0.2) is 0 Å². The first-order valence-electron chi connectivity index (χ1n) is 6.17. The number of ether oxygens (including phenoxy) is 2. The fourth-order valence-electron chi connectivity index (χ4n) is 2.44. The second-order valence-electron chi connectivity index (χ2n) is 4.50. The van der Waals surface area contributed by atoms with Gasteiger partial charge in [0.15, 0.2) is 11.5 Å². The molecule has 1 N–H and O–H groups in total. The number of nitrogens with zero attached hydrogens (tertiary/aromatic N) is 1. The standard InChI is InChI=1S/C14H14N2O3S/c1-18-11-3-8-9(13-6-15-7-20-13)4-14(17)16-10(8)5-12(11)19-2/h3,5-7,9H,4H2,1-2H3,(H,16,17). The summed E-state index contributed by atoms with van der Waals surface area (Å²) in [4.78, 5) is 17.1. The minimum atomic E-state index is 0.00289. The molecule has 0 aliphatic carbocycles. The molecule has 6 heteroatoms. The molecule has 0 radical (unpaired) electrons. The SMILES string of the molecule is COc1cc2c(cc1OC)C(c1cncs1)CC(=O)N2. The maximum atomic E-state index is 11.9. The predicted octanol–water partition coefficient (Wildman–Crippen LogP) is 2.63. The molecule has 0 spiro atoms. The van der Waals surface area contributed by atoms with Crippen molar-refractivity contribution < 1.29 is 14.3 Å². The molecule has 1 aromatic carbocycles. The third-order valence-electron chi connectivity index (χ3n) is 3.39. The summed E-state index contributed by atoms with van der Waals surface area (Å²) in [6.07, 6.45) is 2.24. The highest BCUT2D eigenvalue weighted by molar-refractivity contribution is 7.09. The number of carbonyl (C=O) groups excluding carboxylic acids is 1. The largest absolute Gasteiger partial charge is 0.493 e. The maximum absolute atomic E-state index is 11.9. The van der Waals surface area contributed by atoms with E-state index in [4.69, 9.17) is 9.47 Å². The van der Waals surface area contributed by atoms with E-state index in [1.165, 1.54) is 0 Å². The quantitative estimate of drug-likeness (QED) is 0.944. The molecule has 0 saturated carbocycles. The number of aromatic nitrogens is 1. The Bertz CT molecular complexity index is 640. The highest BCUT2D eigenvalue weighted by Crippen LogP contribution is 2.43. The number of hydrogen-bond donors (Lipinski definition) is 1. The molecule has 3 rings (SSSR count). The second-order valence-corrected chi connectivity index (χ2v) is 5.42. The Kier molecular flexibility index (Phi) is 3.31. The summed E-state index contributed by atoms with van der Waals surface area (Å²) < 4.78 is 10.6. The smallest absolute Gasteiger partial charge is 0.225 e. The number of hydrogen-bond acceptors (Lipinski definition) is 5. The summed E-state index contributed by atoms with van der Waals surface area (Å²) in [5.74, 6) is 1.29. The van der Waals surface area contributed by atoms with E-state index in [0.717, 1.165) is 16.1 Å². The second kappa shape index (κ2) is 5.13. The Labute approximate surface area is 120 Å². The van der Waals surface area contributed by atoms with Gasteiger partial charge in [-0.1, -0.05) is 0 Å². The van der Waals surface area contributed by atoms with Crippen molar-refractivity contribution in [3.05, 3.63) is 34.3 Å². The zero-order chi connectivity index (χ0) is 14.1. The maximum Gasteiger partial charge on any atom is 0.225 e. The van der Waals surface area contributed by atoms with Gasteiger partial charge in [-0.2, -0.15) is 0 Å². The molecule has 1 aromatic heterocycles. The van der Waals surface area contributed by atoms with Gasteiger partial charge in [0.2, 0.25) is 5.91 Å². The number of anilines is 1. The first-order valence-corrected chi connectivity index (χ1v) is 7.05. The van der Waals surface area contributed by atoms with Crippen LogP contribution in [-0.2, 0) is 4.79 Å². The number of carbonyl (C=O) groups is 1. The number of methoxy groups -OCH3 is 2. The summed E-state index contributed by atoms with van der Waals surface area (Å²) in [6.45, 7) is 0. The molecule has 104 valence electrons. The molecule has 1 atom stereocenters. The Hall–Kier alpha value is -2.08. The number of rotatable bonds is 3. The highest BCUT2D eigenvalue weighted by atomic mass is 32.1. The minimum Gasteiger partial charge on any atom is -0.493 e. The number of benzene rings is 1. The van der Waals surface area contributed by atoms with Crippen LogP contribution in [0.2, 0.25) is 0 Å². The first kappa shape index (κ1) is 12.9. The van der Waals surface area contributed by atoms with Crippen molar-refractivity contribution in [3.63, 3.8) is 0 Å². The van der Waals surface area contributed by atoms with Gasteiger partial charge in [-0.3, -0.25) is 9.78 Å². The van der Waals surface area contributed by atoms with Crippen LogP contribution in [0.15, 0.2) is 23.8 Å². The van der Waals surface area contributed by atoms with Crippen molar-refractivity contribution in [2.45, 2.75) is 12.3 Å². The molecule has 2 aromatic rings. The minimum absolute atomic E-state index is 0.00289. The third-order valence-corrected chi connectivity index (χ3v) is 4.28. The topological polar surface area (TPSA) is 60.5 Å².